The van der Waals surface area contributed by atoms with Gasteiger partial charge in [0.1, 0.15) is 0 Å². The molecular weight excluding hydrogens is 256 g/mol. The molecule has 1 saturated carbocycles. The summed E-state index contributed by atoms with van der Waals surface area (Å²) in [6, 6.07) is 0.189. The zero-order valence-corrected chi connectivity index (χ0v) is 12.9. The van der Waals surface area contributed by atoms with Crippen molar-refractivity contribution in [3.05, 3.63) is 0 Å². The first-order valence-corrected chi connectivity index (χ1v) is 7.56. The van der Waals surface area contributed by atoms with Crippen molar-refractivity contribution in [3.8, 4) is 0 Å². The van der Waals surface area contributed by atoms with Gasteiger partial charge in [-0.05, 0) is 52.9 Å². The molecule has 3 N–H and O–H groups in total. The van der Waals surface area contributed by atoms with Gasteiger partial charge in [0.2, 0.25) is 5.91 Å². The van der Waals surface area contributed by atoms with Gasteiger partial charge < -0.3 is 15.8 Å². The highest BCUT2D eigenvalue weighted by atomic mass is 16.5. The summed E-state index contributed by atoms with van der Waals surface area (Å²) in [4.78, 5) is 23.4. The van der Waals surface area contributed by atoms with Crippen LogP contribution in [0.4, 0.5) is 0 Å². The molecule has 0 bridgehead atoms. The Balaban J connectivity index is 2.25. The van der Waals surface area contributed by atoms with E-state index in [9.17, 15) is 9.59 Å². The van der Waals surface area contributed by atoms with Crippen LogP contribution in [0.1, 0.15) is 59.3 Å². The van der Waals surface area contributed by atoms with E-state index in [4.69, 9.17) is 10.5 Å². The molecule has 1 fully saturated rings. The molecular formula is C15H28N2O3. The van der Waals surface area contributed by atoms with Crippen LogP contribution >= 0.6 is 0 Å². The van der Waals surface area contributed by atoms with Gasteiger partial charge in [0.25, 0.3) is 0 Å². The van der Waals surface area contributed by atoms with Crippen molar-refractivity contribution in [1.29, 1.82) is 0 Å². The number of rotatable bonds is 6. The van der Waals surface area contributed by atoms with E-state index in [0.717, 1.165) is 25.7 Å². The lowest BCUT2D eigenvalue weighted by molar-refractivity contribution is -0.149. The number of nitrogens with two attached hydrogens (primary N) is 1. The van der Waals surface area contributed by atoms with Crippen molar-refractivity contribution < 1.29 is 14.3 Å². The first kappa shape index (κ1) is 17.0. The number of carbonyl (C=O) groups excluding carboxylic acids is 2. The molecule has 0 aromatic rings. The summed E-state index contributed by atoms with van der Waals surface area (Å²) in [5.74, 6) is -0.0312. The Morgan fingerprint density at radius 3 is 2.35 bits per heavy atom. The van der Waals surface area contributed by atoms with Gasteiger partial charge in [0.15, 0.2) is 0 Å². The van der Waals surface area contributed by atoms with E-state index >= 15 is 0 Å². The quantitative estimate of drug-likeness (QED) is 0.728. The van der Waals surface area contributed by atoms with Crippen LogP contribution < -0.4 is 11.1 Å². The largest absolute Gasteiger partial charge is 0.466 e. The smallest absolute Gasteiger partial charge is 0.308 e. The SMILES string of the molecule is CCOC(=O)C1CCC(NC(=O)CCC(C)(C)N)CC1. The van der Waals surface area contributed by atoms with Gasteiger partial charge in [0, 0.05) is 18.0 Å². The van der Waals surface area contributed by atoms with Crippen LogP contribution in [0, 0.1) is 5.92 Å². The normalized spacial score (nSPS) is 23.2. The predicted molar refractivity (Wildman–Crippen MR) is 78.0 cm³/mol. The van der Waals surface area contributed by atoms with Gasteiger partial charge in [0.05, 0.1) is 12.5 Å². The van der Waals surface area contributed by atoms with Gasteiger partial charge in [-0.2, -0.15) is 0 Å². The molecule has 1 amide bonds. The van der Waals surface area contributed by atoms with E-state index in [2.05, 4.69) is 5.32 Å². The highest BCUT2D eigenvalue weighted by Gasteiger charge is 2.28. The second-order valence-electron chi connectivity index (χ2n) is 6.36. The summed E-state index contributed by atoms with van der Waals surface area (Å²) >= 11 is 0. The summed E-state index contributed by atoms with van der Waals surface area (Å²) in [7, 11) is 0. The number of nitrogens with one attached hydrogen (secondary N) is 1. The van der Waals surface area contributed by atoms with Crippen molar-refractivity contribution in [2.45, 2.75) is 70.9 Å². The van der Waals surface area contributed by atoms with Crippen LogP contribution in [-0.4, -0.2) is 30.1 Å². The van der Waals surface area contributed by atoms with E-state index in [1.54, 1.807) is 0 Å². The lowest BCUT2D eigenvalue weighted by Crippen LogP contribution is -2.40. The standard InChI is InChI=1S/C15H28N2O3/c1-4-20-14(19)11-5-7-12(8-6-11)17-13(18)9-10-15(2,3)16/h11-12H,4-10,16H2,1-3H3,(H,17,18). The van der Waals surface area contributed by atoms with Gasteiger partial charge >= 0.3 is 5.97 Å². The molecule has 0 aromatic carbocycles. The van der Waals surface area contributed by atoms with Crippen molar-refractivity contribution in [2.75, 3.05) is 6.61 Å². The minimum Gasteiger partial charge on any atom is -0.466 e. The third-order valence-corrected chi connectivity index (χ3v) is 3.71. The Labute approximate surface area is 121 Å². The molecule has 20 heavy (non-hydrogen) atoms. The number of hydrogen-bond acceptors (Lipinski definition) is 4. The monoisotopic (exact) mass is 284 g/mol. The third-order valence-electron chi connectivity index (χ3n) is 3.71. The summed E-state index contributed by atoms with van der Waals surface area (Å²) in [5, 5.41) is 3.04. The first-order valence-electron chi connectivity index (χ1n) is 7.56. The van der Waals surface area contributed by atoms with Crippen LogP contribution in [-0.2, 0) is 14.3 Å². The maximum absolute atomic E-state index is 11.8. The second-order valence-corrected chi connectivity index (χ2v) is 6.36. The molecule has 0 aromatic heterocycles. The molecule has 0 aliphatic heterocycles. The van der Waals surface area contributed by atoms with E-state index in [-0.39, 0.29) is 29.4 Å². The zero-order chi connectivity index (χ0) is 15.2. The molecule has 1 aliphatic rings. The molecule has 1 rings (SSSR count). The fraction of sp³-hybridized carbons (Fsp3) is 0.867. The Kier molecular flexibility index (Phi) is 6.46. The maximum atomic E-state index is 11.8. The number of hydrogen-bond donors (Lipinski definition) is 2. The topological polar surface area (TPSA) is 81.4 Å². The van der Waals surface area contributed by atoms with Gasteiger partial charge in [-0.1, -0.05) is 0 Å². The summed E-state index contributed by atoms with van der Waals surface area (Å²) in [6.45, 7) is 6.10. The van der Waals surface area contributed by atoms with Crippen molar-refractivity contribution in [3.63, 3.8) is 0 Å². The second kappa shape index (κ2) is 7.62. The molecule has 1 aliphatic carbocycles. The summed E-state index contributed by atoms with van der Waals surface area (Å²) in [6.07, 6.45) is 4.43. The Bertz CT molecular complexity index is 329. The van der Waals surface area contributed by atoms with Crippen molar-refractivity contribution in [1.82, 2.24) is 5.32 Å². The third kappa shape index (κ3) is 6.37. The fourth-order valence-electron chi connectivity index (χ4n) is 2.47. The molecule has 5 nitrogen and oxygen atoms in total. The maximum Gasteiger partial charge on any atom is 0.308 e. The molecule has 5 heteroatoms. The van der Waals surface area contributed by atoms with E-state index in [0.29, 0.717) is 19.4 Å². The summed E-state index contributed by atoms with van der Waals surface area (Å²) < 4.78 is 5.03. The van der Waals surface area contributed by atoms with Crippen LogP contribution in [0.2, 0.25) is 0 Å². The van der Waals surface area contributed by atoms with Crippen LogP contribution in [0.15, 0.2) is 0 Å². The van der Waals surface area contributed by atoms with Crippen LogP contribution in [0.5, 0.6) is 0 Å². The Morgan fingerprint density at radius 1 is 1.25 bits per heavy atom. The molecule has 0 atom stereocenters. The number of carbonyl (C=O) groups is 2. The van der Waals surface area contributed by atoms with Gasteiger partial charge in [-0.15, -0.1) is 0 Å². The number of ether oxygens (including phenoxy) is 1. The first-order chi connectivity index (χ1) is 9.31. The number of esters is 1. The lowest BCUT2D eigenvalue weighted by atomic mass is 9.86. The number of amides is 1. The highest BCUT2D eigenvalue weighted by Crippen LogP contribution is 2.25. The molecule has 116 valence electrons. The van der Waals surface area contributed by atoms with Crippen molar-refractivity contribution >= 4 is 11.9 Å². The fourth-order valence-corrected chi connectivity index (χ4v) is 2.47. The Hall–Kier alpha value is -1.10. The van der Waals surface area contributed by atoms with E-state index < -0.39 is 0 Å². The molecule has 0 radical (unpaired) electrons. The highest BCUT2D eigenvalue weighted by molar-refractivity contribution is 5.76. The lowest BCUT2D eigenvalue weighted by Gasteiger charge is -2.28. The zero-order valence-electron chi connectivity index (χ0n) is 12.9. The Morgan fingerprint density at radius 2 is 1.85 bits per heavy atom. The average molecular weight is 284 g/mol. The van der Waals surface area contributed by atoms with Crippen LogP contribution in [0.25, 0.3) is 0 Å². The minimum atomic E-state index is -0.307. The molecule has 0 spiro atoms. The van der Waals surface area contributed by atoms with Gasteiger partial charge in [-0.25, -0.2) is 0 Å². The van der Waals surface area contributed by atoms with E-state index in [1.165, 1.54) is 0 Å². The molecule has 0 saturated heterocycles. The predicted octanol–water partition coefficient (Wildman–Crippen LogP) is 1.74. The van der Waals surface area contributed by atoms with Gasteiger partial charge in [-0.3, -0.25) is 9.59 Å². The molecule has 0 unspecified atom stereocenters. The van der Waals surface area contributed by atoms with Crippen LogP contribution in [0.3, 0.4) is 0 Å². The van der Waals surface area contributed by atoms with Crippen molar-refractivity contribution in [2.24, 2.45) is 11.7 Å². The minimum absolute atomic E-state index is 0.00563. The molecule has 0 heterocycles. The average Bonchev–Trinajstić information content (AvgIpc) is 2.37. The van der Waals surface area contributed by atoms with E-state index in [1.807, 2.05) is 20.8 Å². The summed E-state index contributed by atoms with van der Waals surface area (Å²) in [5.41, 5.74) is 5.56.